The zero-order valence-corrected chi connectivity index (χ0v) is 13.0. The van der Waals surface area contributed by atoms with Crippen molar-refractivity contribution in [3.05, 3.63) is 33.8 Å². The third-order valence-electron chi connectivity index (χ3n) is 5.43. The maximum Gasteiger partial charge on any atom is 0.0577 e. The summed E-state index contributed by atoms with van der Waals surface area (Å²) < 4.78 is 0. The summed E-state index contributed by atoms with van der Waals surface area (Å²) in [6, 6.07) is 5.60. The summed E-state index contributed by atoms with van der Waals surface area (Å²) in [6.45, 7) is 0. The van der Waals surface area contributed by atoms with Crippen LogP contribution in [0.4, 0.5) is 0 Å². The molecule has 0 saturated heterocycles. The zero-order valence-electron chi connectivity index (χ0n) is 11.5. The van der Waals surface area contributed by atoms with Gasteiger partial charge in [-0.2, -0.15) is 0 Å². The molecule has 0 spiro atoms. The van der Waals surface area contributed by atoms with Crippen molar-refractivity contribution in [1.29, 1.82) is 0 Å². The van der Waals surface area contributed by atoms with Crippen LogP contribution in [0.3, 0.4) is 0 Å². The van der Waals surface area contributed by atoms with E-state index in [0.717, 1.165) is 23.3 Å². The van der Waals surface area contributed by atoms with Gasteiger partial charge in [0.1, 0.15) is 0 Å². The Kier molecular flexibility index (Phi) is 3.06. The van der Waals surface area contributed by atoms with E-state index in [2.05, 4.69) is 11.8 Å². The van der Waals surface area contributed by atoms with Crippen molar-refractivity contribution < 1.29 is 0 Å². The molecule has 0 amide bonds. The van der Waals surface area contributed by atoms with E-state index in [1.165, 1.54) is 38.5 Å². The lowest BCUT2D eigenvalue weighted by atomic mass is 9.50. The van der Waals surface area contributed by atoms with Gasteiger partial charge in [0.15, 0.2) is 0 Å². The fraction of sp³-hybridized carbons (Fsp3) is 0.556. The molecule has 0 unspecified atom stereocenters. The number of halogens is 2. The quantitative estimate of drug-likeness (QED) is 0.550. The fourth-order valence-corrected chi connectivity index (χ4v) is 5.51. The van der Waals surface area contributed by atoms with Gasteiger partial charge in [-0.05, 0) is 74.5 Å². The molecule has 0 radical (unpaired) electrons. The molecule has 4 saturated carbocycles. The molecule has 4 aliphatic carbocycles. The van der Waals surface area contributed by atoms with Crippen molar-refractivity contribution in [2.75, 3.05) is 0 Å². The first-order valence-electron chi connectivity index (χ1n) is 7.60. The Morgan fingerprint density at radius 3 is 2.10 bits per heavy atom. The Balaban J connectivity index is 1.64. The summed E-state index contributed by atoms with van der Waals surface area (Å²) in [5.41, 5.74) is 1.21. The molecule has 4 fully saturated rings. The number of hydrogen-bond acceptors (Lipinski definition) is 0. The molecule has 4 aliphatic rings. The molecule has 1 aromatic rings. The third-order valence-corrected chi connectivity index (χ3v) is 5.98. The first kappa shape index (κ1) is 13.1. The maximum atomic E-state index is 6.23. The zero-order chi connectivity index (χ0) is 13.7. The lowest BCUT2D eigenvalue weighted by Gasteiger charge is -2.54. The molecule has 104 valence electrons. The second kappa shape index (κ2) is 4.69. The summed E-state index contributed by atoms with van der Waals surface area (Å²) in [4.78, 5) is 0. The Bertz CT molecular complexity index is 570. The lowest BCUT2D eigenvalue weighted by Crippen LogP contribution is -2.45. The topological polar surface area (TPSA) is 0 Å². The van der Waals surface area contributed by atoms with Crippen molar-refractivity contribution in [1.82, 2.24) is 0 Å². The Morgan fingerprint density at radius 1 is 0.950 bits per heavy atom. The van der Waals surface area contributed by atoms with Crippen LogP contribution in [-0.2, 0) is 0 Å². The summed E-state index contributed by atoms with van der Waals surface area (Å²) >= 11 is 12.2. The van der Waals surface area contributed by atoms with Crippen molar-refractivity contribution >= 4 is 23.2 Å². The van der Waals surface area contributed by atoms with Crippen LogP contribution >= 0.6 is 23.2 Å². The predicted octanol–water partition coefficient (Wildman–Crippen LogP) is 5.56. The standard InChI is InChI=1S/C18H18Cl2/c19-16-2-1-15(17(20)8-16)3-4-18-9-12-5-13(10-18)7-14(6-12)11-18/h1-2,8,12-14H,5-7,9-11H2. The van der Waals surface area contributed by atoms with Crippen molar-refractivity contribution in [2.24, 2.45) is 23.2 Å². The van der Waals surface area contributed by atoms with Crippen molar-refractivity contribution in [3.8, 4) is 11.8 Å². The molecule has 2 heteroatoms. The van der Waals surface area contributed by atoms with Gasteiger partial charge in [0.2, 0.25) is 0 Å². The Morgan fingerprint density at radius 2 is 1.55 bits per heavy atom. The van der Waals surface area contributed by atoms with Gasteiger partial charge < -0.3 is 0 Å². The van der Waals surface area contributed by atoms with Gasteiger partial charge in [0.05, 0.1) is 5.02 Å². The molecule has 20 heavy (non-hydrogen) atoms. The predicted molar refractivity (Wildman–Crippen MR) is 83.9 cm³/mol. The highest BCUT2D eigenvalue weighted by molar-refractivity contribution is 6.35. The summed E-state index contributed by atoms with van der Waals surface area (Å²) in [5, 5.41) is 1.35. The molecule has 0 aliphatic heterocycles. The van der Waals surface area contributed by atoms with Gasteiger partial charge in [0.25, 0.3) is 0 Å². The number of benzene rings is 1. The molecule has 1 aromatic carbocycles. The molecule has 0 atom stereocenters. The van der Waals surface area contributed by atoms with E-state index in [-0.39, 0.29) is 5.41 Å². The highest BCUT2D eigenvalue weighted by atomic mass is 35.5. The first-order chi connectivity index (χ1) is 9.62. The normalized spacial score (nSPS) is 37.6. The van der Waals surface area contributed by atoms with Gasteiger partial charge in [-0.3, -0.25) is 0 Å². The van der Waals surface area contributed by atoms with Crippen LogP contribution in [0.2, 0.25) is 10.0 Å². The van der Waals surface area contributed by atoms with Crippen LogP contribution in [0.5, 0.6) is 0 Å². The molecule has 0 nitrogen and oxygen atoms in total. The second-order valence-electron chi connectivity index (χ2n) is 7.07. The van der Waals surface area contributed by atoms with Crippen LogP contribution in [0, 0.1) is 35.0 Å². The largest absolute Gasteiger partial charge is 0.0910 e. The maximum absolute atomic E-state index is 6.23. The number of hydrogen-bond donors (Lipinski definition) is 0. The average Bonchev–Trinajstić information content (AvgIpc) is 2.36. The fourth-order valence-electron chi connectivity index (χ4n) is 5.05. The van der Waals surface area contributed by atoms with Crippen LogP contribution in [-0.4, -0.2) is 0 Å². The molecule has 0 N–H and O–H groups in total. The summed E-state index contributed by atoms with van der Waals surface area (Å²) in [6.07, 6.45) is 8.33. The van der Waals surface area contributed by atoms with E-state index in [1.807, 2.05) is 12.1 Å². The van der Waals surface area contributed by atoms with Gasteiger partial charge >= 0.3 is 0 Å². The SMILES string of the molecule is Clc1ccc(C#CC23CC4CC(CC(C4)C2)C3)c(Cl)c1. The first-order valence-corrected chi connectivity index (χ1v) is 8.36. The molecular weight excluding hydrogens is 287 g/mol. The Hall–Kier alpha value is -0.640. The van der Waals surface area contributed by atoms with Crippen LogP contribution in [0.1, 0.15) is 44.1 Å². The average molecular weight is 305 g/mol. The highest BCUT2D eigenvalue weighted by Gasteiger charge is 2.50. The minimum absolute atomic E-state index is 0.289. The smallest absolute Gasteiger partial charge is 0.0577 e. The molecular formula is C18H18Cl2. The molecule has 0 heterocycles. The minimum atomic E-state index is 0.289. The summed E-state index contributed by atoms with van der Waals surface area (Å²) in [7, 11) is 0. The van der Waals surface area contributed by atoms with Crippen molar-refractivity contribution in [2.45, 2.75) is 38.5 Å². The highest BCUT2D eigenvalue weighted by Crippen LogP contribution is 2.59. The monoisotopic (exact) mass is 304 g/mol. The van der Waals surface area contributed by atoms with Crippen molar-refractivity contribution in [3.63, 3.8) is 0 Å². The molecule has 4 bridgehead atoms. The van der Waals surface area contributed by atoms with E-state index < -0.39 is 0 Å². The van der Waals surface area contributed by atoms with E-state index in [1.54, 1.807) is 6.07 Å². The van der Waals surface area contributed by atoms with E-state index in [0.29, 0.717) is 10.0 Å². The van der Waals surface area contributed by atoms with Gasteiger partial charge in [-0.1, -0.05) is 35.0 Å². The van der Waals surface area contributed by atoms with Crippen LogP contribution in [0.25, 0.3) is 0 Å². The van der Waals surface area contributed by atoms with Gasteiger partial charge in [-0.25, -0.2) is 0 Å². The third kappa shape index (κ3) is 2.26. The molecule has 5 rings (SSSR count). The molecule has 0 aromatic heterocycles. The van der Waals surface area contributed by atoms with Gasteiger partial charge in [-0.15, -0.1) is 0 Å². The van der Waals surface area contributed by atoms with Crippen LogP contribution in [0.15, 0.2) is 18.2 Å². The van der Waals surface area contributed by atoms with E-state index >= 15 is 0 Å². The van der Waals surface area contributed by atoms with Crippen LogP contribution < -0.4 is 0 Å². The second-order valence-corrected chi connectivity index (χ2v) is 7.92. The lowest BCUT2D eigenvalue weighted by molar-refractivity contribution is -0.0181. The Labute approximate surface area is 130 Å². The van der Waals surface area contributed by atoms with Gasteiger partial charge in [0, 0.05) is 16.0 Å². The summed E-state index contributed by atoms with van der Waals surface area (Å²) in [5.74, 6) is 9.81. The van der Waals surface area contributed by atoms with E-state index in [4.69, 9.17) is 23.2 Å². The number of rotatable bonds is 0. The minimum Gasteiger partial charge on any atom is -0.0910 e. The van der Waals surface area contributed by atoms with E-state index in [9.17, 15) is 0 Å².